The number of imidazole rings is 1. The second kappa shape index (κ2) is 5.70. The van der Waals surface area contributed by atoms with E-state index in [4.69, 9.17) is 9.47 Å². The number of rotatable bonds is 2. The van der Waals surface area contributed by atoms with Crippen LogP contribution in [-0.4, -0.2) is 53.2 Å². The molecule has 0 spiro atoms. The number of carbonyl (C=O) groups excluding carboxylic acids is 1. The summed E-state index contributed by atoms with van der Waals surface area (Å²) in [6, 6.07) is 7.94. The summed E-state index contributed by atoms with van der Waals surface area (Å²) in [5, 5.41) is 0. The van der Waals surface area contributed by atoms with Crippen LogP contribution in [-0.2, 0) is 14.3 Å². The van der Waals surface area contributed by atoms with Gasteiger partial charge in [-0.3, -0.25) is 4.79 Å². The number of nitrogens with one attached hydrogen (secondary N) is 1. The third-order valence-corrected chi connectivity index (χ3v) is 4.35. The number of H-pyrrole nitrogens is 1. The van der Waals surface area contributed by atoms with Gasteiger partial charge in [0.25, 0.3) is 5.91 Å². The van der Waals surface area contributed by atoms with Gasteiger partial charge in [0, 0.05) is 6.54 Å². The molecule has 2 saturated heterocycles. The molecule has 0 radical (unpaired) electrons. The number of aromatic nitrogens is 2. The number of aromatic amines is 1. The van der Waals surface area contributed by atoms with Crippen molar-refractivity contribution in [2.24, 2.45) is 0 Å². The van der Waals surface area contributed by atoms with Crippen molar-refractivity contribution in [3.63, 3.8) is 0 Å². The molecule has 0 unspecified atom stereocenters. The van der Waals surface area contributed by atoms with E-state index in [-0.39, 0.29) is 11.9 Å². The fraction of sp³-hybridized carbons (Fsp3) is 0.500. The molecule has 2 aliphatic rings. The Hall–Kier alpha value is -1.92. The Morgan fingerprint density at radius 1 is 1.32 bits per heavy atom. The maximum absolute atomic E-state index is 12.7. The van der Waals surface area contributed by atoms with Crippen molar-refractivity contribution in [2.45, 2.75) is 25.0 Å². The van der Waals surface area contributed by atoms with Gasteiger partial charge >= 0.3 is 0 Å². The molecule has 1 aromatic carbocycles. The van der Waals surface area contributed by atoms with Crippen LogP contribution in [0.15, 0.2) is 24.3 Å². The van der Waals surface area contributed by atoms with Crippen LogP contribution in [0.1, 0.15) is 24.7 Å². The molecule has 2 aliphatic heterocycles. The van der Waals surface area contributed by atoms with Gasteiger partial charge in [0.1, 0.15) is 5.82 Å². The maximum atomic E-state index is 12.7. The fourth-order valence-electron chi connectivity index (χ4n) is 3.26. The van der Waals surface area contributed by atoms with Crippen LogP contribution in [0.3, 0.4) is 0 Å². The first-order valence-electron chi connectivity index (χ1n) is 7.77. The average Bonchev–Trinajstić information content (AvgIpc) is 3.21. The largest absolute Gasteiger partial charge is 0.376 e. The normalized spacial score (nSPS) is 25.7. The van der Waals surface area contributed by atoms with Crippen molar-refractivity contribution >= 4 is 16.9 Å². The van der Waals surface area contributed by atoms with E-state index in [0.717, 1.165) is 36.2 Å². The summed E-state index contributed by atoms with van der Waals surface area (Å²) < 4.78 is 10.9. The van der Waals surface area contributed by atoms with E-state index >= 15 is 0 Å². The molecular weight excluding hydrogens is 282 g/mol. The molecule has 2 fully saturated rings. The van der Waals surface area contributed by atoms with E-state index in [0.29, 0.717) is 19.8 Å². The standard InChI is InChI=1S/C16H19N3O3/c20-16(14-10-21-8-9-22-14)19-7-3-6-13(19)15-17-11-4-1-2-5-12(11)18-15/h1-2,4-5,13-14H,3,6-10H2,(H,17,18)/t13-,14-/m1/s1. The summed E-state index contributed by atoms with van der Waals surface area (Å²) in [5.41, 5.74) is 1.95. The van der Waals surface area contributed by atoms with Crippen LogP contribution in [0, 0.1) is 0 Å². The lowest BCUT2D eigenvalue weighted by atomic mass is 10.2. The molecule has 1 aromatic heterocycles. The molecule has 116 valence electrons. The smallest absolute Gasteiger partial charge is 0.254 e. The first kappa shape index (κ1) is 13.7. The van der Waals surface area contributed by atoms with Gasteiger partial charge in [0.15, 0.2) is 6.10 Å². The van der Waals surface area contributed by atoms with Crippen molar-refractivity contribution in [3.8, 4) is 0 Å². The molecule has 6 nitrogen and oxygen atoms in total. The molecule has 1 amide bonds. The topological polar surface area (TPSA) is 67.5 Å². The van der Waals surface area contributed by atoms with Gasteiger partial charge in [0.05, 0.1) is 36.9 Å². The van der Waals surface area contributed by atoms with E-state index in [2.05, 4.69) is 9.97 Å². The highest BCUT2D eigenvalue weighted by atomic mass is 16.6. The molecule has 3 heterocycles. The predicted octanol–water partition coefficient (Wildman–Crippen LogP) is 1.64. The van der Waals surface area contributed by atoms with E-state index in [9.17, 15) is 4.79 Å². The van der Waals surface area contributed by atoms with Crippen molar-refractivity contribution in [1.29, 1.82) is 0 Å². The van der Waals surface area contributed by atoms with Crippen molar-refractivity contribution < 1.29 is 14.3 Å². The number of carbonyl (C=O) groups is 1. The Labute approximate surface area is 128 Å². The zero-order chi connectivity index (χ0) is 14.9. The predicted molar refractivity (Wildman–Crippen MR) is 80.3 cm³/mol. The number of para-hydroxylation sites is 2. The second-order valence-electron chi connectivity index (χ2n) is 5.76. The van der Waals surface area contributed by atoms with Crippen LogP contribution in [0.25, 0.3) is 11.0 Å². The number of hydrogen-bond acceptors (Lipinski definition) is 4. The lowest BCUT2D eigenvalue weighted by Gasteiger charge is -2.29. The summed E-state index contributed by atoms with van der Waals surface area (Å²) >= 11 is 0. The molecule has 0 aliphatic carbocycles. The quantitative estimate of drug-likeness (QED) is 0.915. The van der Waals surface area contributed by atoms with E-state index < -0.39 is 6.10 Å². The highest BCUT2D eigenvalue weighted by Crippen LogP contribution is 2.32. The van der Waals surface area contributed by atoms with E-state index in [1.54, 1.807) is 0 Å². The monoisotopic (exact) mass is 301 g/mol. The molecular formula is C16H19N3O3. The van der Waals surface area contributed by atoms with Crippen LogP contribution < -0.4 is 0 Å². The Morgan fingerprint density at radius 3 is 3.05 bits per heavy atom. The summed E-state index contributed by atoms with van der Waals surface area (Å²) in [6.07, 6.45) is 1.44. The van der Waals surface area contributed by atoms with E-state index in [1.165, 1.54) is 0 Å². The third kappa shape index (κ3) is 2.38. The van der Waals surface area contributed by atoms with Gasteiger partial charge in [-0.1, -0.05) is 12.1 Å². The second-order valence-corrected chi connectivity index (χ2v) is 5.76. The molecule has 6 heteroatoms. The summed E-state index contributed by atoms with van der Waals surface area (Å²) in [6.45, 7) is 2.15. The number of fused-ring (bicyclic) bond motifs is 1. The van der Waals surface area contributed by atoms with Gasteiger partial charge in [-0.2, -0.15) is 0 Å². The van der Waals surface area contributed by atoms with Gasteiger partial charge in [-0.05, 0) is 25.0 Å². The Bertz CT molecular complexity index is 645. The van der Waals surface area contributed by atoms with Crippen molar-refractivity contribution in [1.82, 2.24) is 14.9 Å². The molecule has 1 N–H and O–H groups in total. The molecule has 22 heavy (non-hydrogen) atoms. The molecule has 2 aromatic rings. The SMILES string of the molecule is O=C([C@H]1COCCO1)N1CCC[C@@H]1c1nc2ccccc2[nH]1. The van der Waals surface area contributed by atoms with Crippen LogP contribution >= 0.6 is 0 Å². The van der Waals surface area contributed by atoms with Gasteiger partial charge < -0.3 is 19.4 Å². The molecule has 0 saturated carbocycles. The Kier molecular flexibility index (Phi) is 3.56. The number of amides is 1. The number of hydrogen-bond donors (Lipinski definition) is 1. The minimum Gasteiger partial charge on any atom is -0.376 e. The first-order chi connectivity index (χ1) is 10.8. The Balaban J connectivity index is 1.58. The summed E-state index contributed by atoms with van der Waals surface area (Å²) in [5.74, 6) is 0.881. The van der Waals surface area contributed by atoms with Gasteiger partial charge in [0.2, 0.25) is 0 Å². The minimum atomic E-state index is -0.473. The number of ether oxygens (including phenoxy) is 2. The lowest BCUT2D eigenvalue weighted by molar-refractivity contribution is -0.159. The van der Waals surface area contributed by atoms with Crippen LogP contribution in [0.2, 0.25) is 0 Å². The first-order valence-corrected chi connectivity index (χ1v) is 7.77. The van der Waals surface area contributed by atoms with Crippen LogP contribution in [0.5, 0.6) is 0 Å². The highest BCUT2D eigenvalue weighted by molar-refractivity contribution is 5.82. The zero-order valence-corrected chi connectivity index (χ0v) is 12.3. The molecule has 0 bridgehead atoms. The Morgan fingerprint density at radius 2 is 2.23 bits per heavy atom. The van der Waals surface area contributed by atoms with Crippen molar-refractivity contribution in [3.05, 3.63) is 30.1 Å². The molecule has 4 rings (SSSR count). The van der Waals surface area contributed by atoms with E-state index in [1.807, 2.05) is 29.2 Å². The fourth-order valence-corrected chi connectivity index (χ4v) is 3.26. The number of nitrogens with zero attached hydrogens (tertiary/aromatic N) is 2. The third-order valence-electron chi connectivity index (χ3n) is 4.35. The highest BCUT2D eigenvalue weighted by Gasteiger charge is 2.36. The maximum Gasteiger partial charge on any atom is 0.254 e. The van der Waals surface area contributed by atoms with Gasteiger partial charge in [-0.15, -0.1) is 0 Å². The van der Waals surface area contributed by atoms with Gasteiger partial charge in [-0.25, -0.2) is 4.98 Å². The number of benzene rings is 1. The molecule has 2 atom stereocenters. The number of likely N-dealkylation sites (tertiary alicyclic amines) is 1. The summed E-state index contributed by atoms with van der Waals surface area (Å²) in [4.78, 5) is 22.6. The average molecular weight is 301 g/mol. The zero-order valence-electron chi connectivity index (χ0n) is 12.3. The lowest BCUT2D eigenvalue weighted by Crippen LogP contribution is -2.45. The van der Waals surface area contributed by atoms with Crippen molar-refractivity contribution in [2.75, 3.05) is 26.4 Å². The summed E-state index contributed by atoms with van der Waals surface area (Å²) in [7, 11) is 0. The minimum absolute atomic E-state index is 0.00502. The van der Waals surface area contributed by atoms with Crippen LogP contribution in [0.4, 0.5) is 0 Å².